The number of amides is 1. The molecule has 168 valence electrons. The van der Waals surface area contributed by atoms with E-state index in [0.717, 1.165) is 35.9 Å². The second-order valence-corrected chi connectivity index (χ2v) is 8.56. The number of carbonyl (C=O) groups excluding carboxylic acids is 1. The zero-order valence-electron chi connectivity index (χ0n) is 18.2. The largest absolute Gasteiger partial charge is 0.387 e. The molecule has 4 aromatic rings. The van der Waals surface area contributed by atoms with E-state index in [0.29, 0.717) is 24.0 Å². The highest BCUT2D eigenvalue weighted by atomic mass is 16.3. The molecule has 2 aromatic heterocycles. The Labute approximate surface area is 192 Å². The minimum absolute atomic E-state index is 0.0662. The van der Waals surface area contributed by atoms with Gasteiger partial charge in [-0.1, -0.05) is 42.5 Å². The van der Waals surface area contributed by atoms with Crippen molar-refractivity contribution in [3.05, 3.63) is 95.6 Å². The highest BCUT2D eigenvalue weighted by Crippen LogP contribution is 2.26. The van der Waals surface area contributed by atoms with Crippen LogP contribution in [-0.4, -0.2) is 38.0 Å². The summed E-state index contributed by atoms with van der Waals surface area (Å²) in [5.41, 5.74) is 4.42. The summed E-state index contributed by atoms with van der Waals surface area (Å²) in [6.45, 7) is 0.326. The van der Waals surface area contributed by atoms with Crippen molar-refractivity contribution in [1.29, 1.82) is 0 Å². The van der Waals surface area contributed by atoms with E-state index in [1.54, 1.807) is 12.4 Å². The van der Waals surface area contributed by atoms with Gasteiger partial charge in [0.15, 0.2) is 0 Å². The molecule has 1 aliphatic heterocycles. The molecule has 3 atom stereocenters. The van der Waals surface area contributed by atoms with Gasteiger partial charge < -0.3 is 20.7 Å². The Kier molecular flexibility index (Phi) is 6.15. The van der Waals surface area contributed by atoms with Crippen molar-refractivity contribution in [3.63, 3.8) is 0 Å². The molecule has 2 aromatic carbocycles. The molecular weight excluding hydrogens is 414 g/mol. The average molecular weight is 442 g/mol. The summed E-state index contributed by atoms with van der Waals surface area (Å²) in [7, 11) is 0. The van der Waals surface area contributed by atoms with Crippen LogP contribution in [0.5, 0.6) is 0 Å². The molecule has 1 saturated heterocycles. The molecule has 7 heteroatoms. The Morgan fingerprint density at radius 3 is 2.70 bits per heavy atom. The van der Waals surface area contributed by atoms with E-state index >= 15 is 0 Å². The standard InChI is InChI=1S/C26H27N5O2/c32-25(18-4-2-1-3-5-18)22-11-10-20(29-22)14-17-6-8-19(9-7-17)26(33)28-16-24-30-21-12-13-27-15-23(21)31-24/h1-9,12-13,15,20,22,25,29,32H,10-11,14,16H2,(H,28,33)(H,30,31)/t20-,22+,25+/m0/s1. The highest BCUT2D eigenvalue weighted by molar-refractivity contribution is 5.94. The lowest BCUT2D eigenvalue weighted by molar-refractivity contribution is 0.0950. The lowest BCUT2D eigenvalue weighted by atomic mass is 10.0. The van der Waals surface area contributed by atoms with Gasteiger partial charge in [0, 0.05) is 23.8 Å². The van der Waals surface area contributed by atoms with Crippen LogP contribution in [0.4, 0.5) is 0 Å². The Morgan fingerprint density at radius 2 is 1.91 bits per heavy atom. The van der Waals surface area contributed by atoms with Gasteiger partial charge in [0.1, 0.15) is 5.82 Å². The number of nitrogens with zero attached hydrogens (tertiary/aromatic N) is 2. The van der Waals surface area contributed by atoms with Gasteiger partial charge >= 0.3 is 0 Å². The number of aliphatic hydroxyl groups is 1. The van der Waals surface area contributed by atoms with Crippen LogP contribution in [0.3, 0.4) is 0 Å². The number of fused-ring (bicyclic) bond motifs is 1. The molecule has 0 spiro atoms. The normalized spacial score (nSPS) is 18.9. The monoisotopic (exact) mass is 441 g/mol. The number of nitrogens with one attached hydrogen (secondary N) is 3. The summed E-state index contributed by atoms with van der Waals surface area (Å²) in [4.78, 5) is 24.2. The molecule has 0 bridgehead atoms. The number of hydrogen-bond acceptors (Lipinski definition) is 5. The van der Waals surface area contributed by atoms with Gasteiger partial charge in [0.2, 0.25) is 0 Å². The average Bonchev–Trinajstić information content (AvgIpc) is 3.50. The first kappa shape index (κ1) is 21.3. The minimum Gasteiger partial charge on any atom is -0.387 e. The molecule has 0 unspecified atom stereocenters. The molecule has 4 N–H and O–H groups in total. The van der Waals surface area contributed by atoms with Crippen LogP contribution in [0.2, 0.25) is 0 Å². The first-order chi connectivity index (χ1) is 16.2. The number of H-pyrrole nitrogens is 1. The summed E-state index contributed by atoms with van der Waals surface area (Å²) in [6, 6.07) is 19.7. The zero-order valence-corrected chi connectivity index (χ0v) is 18.2. The highest BCUT2D eigenvalue weighted by Gasteiger charge is 2.29. The summed E-state index contributed by atoms with van der Waals surface area (Å²) >= 11 is 0. The number of hydrogen-bond donors (Lipinski definition) is 4. The smallest absolute Gasteiger partial charge is 0.251 e. The van der Waals surface area contributed by atoms with Crippen molar-refractivity contribution in [1.82, 2.24) is 25.6 Å². The lowest BCUT2D eigenvalue weighted by Gasteiger charge is -2.20. The van der Waals surface area contributed by atoms with Crippen molar-refractivity contribution >= 4 is 16.9 Å². The summed E-state index contributed by atoms with van der Waals surface area (Å²) in [5.74, 6) is 0.563. The maximum absolute atomic E-state index is 12.5. The van der Waals surface area contributed by atoms with Crippen LogP contribution in [0.1, 0.15) is 46.3 Å². The van der Waals surface area contributed by atoms with Crippen LogP contribution < -0.4 is 10.6 Å². The van der Waals surface area contributed by atoms with Crippen molar-refractivity contribution in [2.24, 2.45) is 0 Å². The molecule has 1 fully saturated rings. The molecule has 1 aliphatic rings. The van der Waals surface area contributed by atoms with Crippen LogP contribution in [0.25, 0.3) is 11.0 Å². The third kappa shape index (κ3) is 4.94. The molecule has 3 heterocycles. The van der Waals surface area contributed by atoms with Crippen molar-refractivity contribution in [2.45, 2.75) is 44.0 Å². The van der Waals surface area contributed by atoms with E-state index in [-0.39, 0.29) is 11.9 Å². The lowest BCUT2D eigenvalue weighted by Crippen LogP contribution is -2.35. The van der Waals surface area contributed by atoms with Gasteiger partial charge in [-0.05, 0) is 48.6 Å². The zero-order chi connectivity index (χ0) is 22.6. The SMILES string of the molecule is O=C(NCc1nc2ccncc2[nH]1)c1ccc(C[C@@H]2CC[C@H]([C@H](O)c3ccccc3)N2)cc1. The van der Waals surface area contributed by atoms with Crippen LogP contribution >= 0.6 is 0 Å². The van der Waals surface area contributed by atoms with E-state index < -0.39 is 6.10 Å². The number of imidazole rings is 1. The second-order valence-electron chi connectivity index (χ2n) is 8.56. The van der Waals surface area contributed by atoms with E-state index in [1.807, 2.05) is 60.7 Å². The molecule has 33 heavy (non-hydrogen) atoms. The van der Waals surface area contributed by atoms with Crippen molar-refractivity contribution in [2.75, 3.05) is 0 Å². The Hall–Kier alpha value is -3.55. The predicted octanol–water partition coefficient (Wildman–Crippen LogP) is 3.28. The number of aromatic nitrogens is 3. The Morgan fingerprint density at radius 1 is 1.09 bits per heavy atom. The van der Waals surface area contributed by atoms with Crippen LogP contribution in [0, 0.1) is 0 Å². The molecule has 7 nitrogen and oxygen atoms in total. The topological polar surface area (TPSA) is 103 Å². The number of aliphatic hydroxyl groups excluding tert-OH is 1. The van der Waals surface area contributed by atoms with Crippen LogP contribution in [-0.2, 0) is 13.0 Å². The summed E-state index contributed by atoms with van der Waals surface area (Å²) in [5, 5.41) is 17.1. The fourth-order valence-corrected chi connectivity index (χ4v) is 4.48. The number of carbonyl (C=O) groups is 1. The second kappa shape index (κ2) is 9.52. The fraction of sp³-hybridized carbons (Fsp3) is 0.269. The molecule has 0 saturated carbocycles. The molecule has 1 amide bonds. The number of rotatable bonds is 7. The van der Waals surface area contributed by atoms with Crippen molar-refractivity contribution < 1.29 is 9.90 Å². The number of benzene rings is 2. The first-order valence-electron chi connectivity index (χ1n) is 11.3. The third-order valence-corrected chi connectivity index (χ3v) is 6.25. The van der Waals surface area contributed by atoms with Gasteiger partial charge in [-0.3, -0.25) is 9.78 Å². The van der Waals surface area contributed by atoms with Crippen molar-refractivity contribution in [3.8, 4) is 0 Å². The van der Waals surface area contributed by atoms with Gasteiger partial charge in [-0.15, -0.1) is 0 Å². The first-order valence-corrected chi connectivity index (χ1v) is 11.3. The quantitative estimate of drug-likeness (QED) is 0.352. The molecular formula is C26H27N5O2. The van der Waals surface area contributed by atoms with Gasteiger partial charge in [-0.25, -0.2) is 4.98 Å². The summed E-state index contributed by atoms with van der Waals surface area (Å²) < 4.78 is 0. The molecule has 5 rings (SSSR count). The van der Waals surface area contributed by atoms with E-state index in [1.165, 1.54) is 5.56 Å². The maximum Gasteiger partial charge on any atom is 0.251 e. The van der Waals surface area contributed by atoms with Crippen LogP contribution in [0.15, 0.2) is 73.1 Å². The third-order valence-electron chi connectivity index (χ3n) is 6.25. The van der Waals surface area contributed by atoms with Gasteiger partial charge in [0.05, 0.1) is 29.9 Å². The molecule has 0 aliphatic carbocycles. The summed E-state index contributed by atoms with van der Waals surface area (Å²) in [6.07, 6.45) is 5.75. The Balaban J connectivity index is 1.13. The maximum atomic E-state index is 12.5. The number of pyridine rings is 1. The van der Waals surface area contributed by atoms with Gasteiger partial charge in [-0.2, -0.15) is 0 Å². The van der Waals surface area contributed by atoms with E-state index in [2.05, 4.69) is 25.6 Å². The fourth-order valence-electron chi connectivity index (χ4n) is 4.48. The van der Waals surface area contributed by atoms with Gasteiger partial charge in [0.25, 0.3) is 5.91 Å². The predicted molar refractivity (Wildman–Crippen MR) is 127 cm³/mol. The van der Waals surface area contributed by atoms with E-state index in [9.17, 15) is 9.90 Å². The number of aromatic amines is 1. The van der Waals surface area contributed by atoms with E-state index in [4.69, 9.17) is 0 Å². The minimum atomic E-state index is -0.495. The molecule has 0 radical (unpaired) electrons. The Bertz CT molecular complexity index is 1190.